The van der Waals surface area contributed by atoms with E-state index in [1.54, 1.807) is 11.3 Å². The van der Waals surface area contributed by atoms with Crippen molar-refractivity contribution in [2.75, 3.05) is 37.6 Å². The highest BCUT2D eigenvalue weighted by molar-refractivity contribution is 7.13. The molecule has 2 heterocycles. The molecule has 1 aromatic heterocycles. The van der Waals surface area contributed by atoms with Crippen LogP contribution in [-0.4, -0.2) is 54.2 Å². The van der Waals surface area contributed by atoms with Gasteiger partial charge in [-0.15, -0.1) is 11.3 Å². The number of piperazine rings is 1. The highest BCUT2D eigenvalue weighted by Gasteiger charge is 2.27. The molecule has 120 valence electrons. The summed E-state index contributed by atoms with van der Waals surface area (Å²) in [7, 11) is 0. The average molecular weight is 311 g/mol. The van der Waals surface area contributed by atoms with Gasteiger partial charge in [0.1, 0.15) is 0 Å². The molecule has 1 aliphatic rings. The van der Waals surface area contributed by atoms with E-state index in [1.807, 2.05) is 6.20 Å². The number of rotatable bonds is 5. The summed E-state index contributed by atoms with van der Waals surface area (Å²) in [4.78, 5) is 9.49. The molecule has 1 aliphatic heterocycles. The van der Waals surface area contributed by atoms with E-state index in [2.05, 4.69) is 60.1 Å². The third kappa shape index (κ3) is 4.94. The summed E-state index contributed by atoms with van der Waals surface area (Å²) < 4.78 is 0. The molecule has 5 heteroatoms. The minimum atomic E-state index is 0.190. The van der Waals surface area contributed by atoms with Crippen molar-refractivity contribution in [2.24, 2.45) is 5.92 Å². The quantitative estimate of drug-likeness (QED) is 0.906. The lowest BCUT2D eigenvalue weighted by Crippen LogP contribution is -2.56. The predicted molar refractivity (Wildman–Crippen MR) is 92.3 cm³/mol. The van der Waals surface area contributed by atoms with Gasteiger partial charge in [-0.3, -0.25) is 4.90 Å². The summed E-state index contributed by atoms with van der Waals surface area (Å²) in [6, 6.07) is 0.614. The van der Waals surface area contributed by atoms with Gasteiger partial charge in [-0.25, -0.2) is 4.98 Å². The second kappa shape index (κ2) is 7.07. The van der Waals surface area contributed by atoms with Crippen LogP contribution in [0.1, 0.15) is 34.6 Å². The van der Waals surface area contributed by atoms with Crippen LogP contribution >= 0.6 is 11.3 Å². The van der Waals surface area contributed by atoms with Crippen molar-refractivity contribution in [1.82, 2.24) is 15.2 Å². The third-order valence-corrected chi connectivity index (χ3v) is 4.92. The van der Waals surface area contributed by atoms with E-state index in [9.17, 15) is 0 Å². The normalized spacial score (nSPS) is 19.2. The van der Waals surface area contributed by atoms with Gasteiger partial charge in [0.25, 0.3) is 0 Å². The van der Waals surface area contributed by atoms with Gasteiger partial charge in [0, 0.05) is 55.9 Å². The van der Waals surface area contributed by atoms with E-state index in [0.717, 1.165) is 32.7 Å². The summed E-state index contributed by atoms with van der Waals surface area (Å²) in [5, 5.41) is 6.91. The number of thiazole rings is 1. The van der Waals surface area contributed by atoms with Crippen LogP contribution in [0.2, 0.25) is 0 Å². The predicted octanol–water partition coefficient (Wildman–Crippen LogP) is 2.68. The summed E-state index contributed by atoms with van der Waals surface area (Å²) >= 11 is 1.74. The first-order valence-corrected chi connectivity index (χ1v) is 8.88. The van der Waals surface area contributed by atoms with Gasteiger partial charge < -0.3 is 10.2 Å². The standard InChI is InChI=1S/C16H30N4S/c1-13(2)14(12-18-16(3,4)5)19-7-9-20(10-8-19)15-17-6-11-21-15/h6,11,13-14,18H,7-10,12H2,1-5H3. The lowest BCUT2D eigenvalue weighted by atomic mass is 9.99. The van der Waals surface area contributed by atoms with E-state index < -0.39 is 0 Å². The van der Waals surface area contributed by atoms with Crippen molar-refractivity contribution >= 4 is 16.5 Å². The molecule has 1 atom stereocenters. The van der Waals surface area contributed by atoms with E-state index >= 15 is 0 Å². The molecular weight excluding hydrogens is 280 g/mol. The minimum Gasteiger partial charge on any atom is -0.346 e. The molecule has 1 unspecified atom stereocenters. The number of hydrogen-bond acceptors (Lipinski definition) is 5. The van der Waals surface area contributed by atoms with Crippen LogP contribution in [-0.2, 0) is 0 Å². The maximum atomic E-state index is 4.43. The monoisotopic (exact) mass is 310 g/mol. The van der Waals surface area contributed by atoms with E-state index in [0.29, 0.717) is 12.0 Å². The Morgan fingerprint density at radius 1 is 1.24 bits per heavy atom. The van der Waals surface area contributed by atoms with Crippen LogP contribution in [0.15, 0.2) is 11.6 Å². The lowest BCUT2D eigenvalue weighted by Gasteiger charge is -2.42. The molecular formula is C16H30N4S. The van der Waals surface area contributed by atoms with E-state index in [4.69, 9.17) is 0 Å². The molecule has 0 amide bonds. The largest absolute Gasteiger partial charge is 0.346 e. The Morgan fingerprint density at radius 3 is 2.38 bits per heavy atom. The molecule has 2 rings (SSSR count). The van der Waals surface area contributed by atoms with Gasteiger partial charge in [-0.2, -0.15) is 0 Å². The SMILES string of the molecule is CC(C)C(CNC(C)(C)C)N1CCN(c2nccs2)CC1. The van der Waals surface area contributed by atoms with Crippen LogP contribution < -0.4 is 10.2 Å². The molecule has 0 radical (unpaired) electrons. The number of nitrogens with zero attached hydrogens (tertiary/aromatic N) is 3. The van der Waals surface area contributed by atoms with Crippen LogP contribution in [0.3, 0.4) is 0 Å². The Labute approximate surface area is 133 Å². The first-order chi connectivity index (χ1) is 9.87. The zero-order chi connectivity index (χ0) is 15.5. The van der Waals surface area contributed by atoms with Crippen molar-refractivity contribution in [3.05, 3.63) is 11.6 Å². The Kier molecular flexibility index (Phi) is 5.63. The maximum absolute atomic E-state index is 4.43. The van der Waals surface area contributed by atoms with E-state index in [-0.39, 0.29) is 5.54 Å². The van der Waals surface area contributed by atoms with Crippen molar-refractivity contribution < 1.29 is 0 Å². The molecule has 1 N–H and O–H groups in total. The second-order valence-corrected chi connectivity index (χ2v) is 8.15. The Bertz CT molecular complexity index is 402. The molecule has 0 aliphatic carbocycles. The number of anilines is 1. The Hall–Kier alpha value is -0.650. The van der Waals surface area contributed by atoms with Gasteiger partial charge in [0.15, 0.2) is 5.13 Å². The molecule has 4 nitrogen and oxygen atoms in total. The van der Waals surface area contributed by atoms with Gasteiger partial charge >= 0.3 is 0 Å². The zero-order valence-electron chi connectivity index (χ0n) is 14.1. The maximum Gasteiger partial charge on any atom is 0.185 e. The molecule has 0 bridgehead atoms. The summed E-state index contributed by atoms with van der Waals surface area (Å²) in [5.41, 5.74) is 0.190. The fraction of sp³-hybridized carbons (Fsp3) is 0.812. The van der Waals surface area contributed by atoms with E-state index in [1.165, 1.54) is 5.13 Å². The second-order valence-electron chi connectivity index (χ2n) is 7.28. The molecule has 1 fully saturated rings. The Morgan fingerprint density at radius 2 is 1.90 bits per heavy atom. The number of aromatic nitrogens is 1. The zero-order valence-corrected chi connectivity index (χ0v) is 14.9. The lowest BCUT2D eigenvalue weighted by molar-refractivity contribution is 0.136. The van der Waals surface area contributed by atoms with Crippen molar-refractivity contribution in [3.63, 3.8) is 0 Å². The smallest absolute Gasteiger partial charge is 0.185 e. The molecule has 1 aromatic rings. The highest BCUT2D eigenvalue weighted by Crippen LogP contribution is 2.21. The van der Waals surface area contributed by atoms with Gasteiger partial charge in [-0.05, 0) is 26.7 Å². The van der Waals surface area contributed by atoms with Gasteiger partial charge in [0.2, 0.25) is 0 Å². The van der Waals surface area contributed by atoms with Crippen LogP contribution in [0.25, 0.3) is 0 Å². The summed E-state index contributed by atoms with van der Waals surface area (Å²) in [6.45, 7) is 16.9. The van der Waals surface area contributed by atoms with Crippen LogP contribution in [0.4, 0.5) is 5.13 Å². The third-order valence-electron chi connectivity index (χ3n) is 4.08. The molecule has 21 heavy (non-hydrogen) atoms. The van der Waals surface area contributed by atoms with Crippen molar-refractivity contribution in [3.8, 4) is 0 Å². The summed E-state index contributed by atoms with van der Waals surface area (Å²) in [5.74, 6) is 0.672. The Balaban J connectivity index is 1.88. The van der Waals surface area contributed by atoms with Crippen LogP contribution in [0.5, 0.6) is 0 Å². The average Bonchev–Trinajstić information content (AvgIpc) is 2.92. The van der Waals surface area contributed by atoms with Crippen molar-refractivity contribution in [2.45, 2.75) is 46.2 Å². The van der Waals surface area contributed by atoms with Crippen molar-refractivity contribution in [1.29, 1.82) is 0 Å². The topological polar surface area (TPSA) is 31.4 Å². The molecule has 0 spiro atoms. The minimum absolute atomic E-state index is 0.190. The number of nitrogens with one attached hydrogen (secondary N) is 1. The fourth-order valence-electron chi connectivity index (χ4n) is 2.81. The highest BCUT2D eigenvalue weighted by atomic mass is 32.1. The molecule has 1 saturated heterocycles. The first-order valence-electron chi connectivity index (χ1n) is 8.00. The van der Waals surface area contributed by atoms with Gasteiger partial charge in [0.05, 0.1) is 0 Å². The number of hydrogen-bond donors (Lipinski definition) is 1. The molecule has 0 aromatic carbocycles. The van der Waals surface area contributed by atoms with Gasteiger partial charge in [-0.1, -0.05) is 13.8 Å². The molecule has 0 saturated carbocycles. The summed E-state index contributed by atoms with van der Waals surface area (Å²) in [6.07, 6.45) is 1.90. The first kappa shape index (κ1) is 16.7. The fourth-order valence-corrected chi connectivity index (χ4v) is 3.51. The van der Waals surface area contributed by atoms with Crippen LogP contribution in [0, 0.1) is 5.92 Å².